The Bertz CT molecular complexity index is 464. The van der Waals surface area contributed by atoms with Crippen LogP contribution in [0.25, 0.3) is 10.4 Å². The molecule has 1 aromatic heterocycles. The van der Waals surface area contributed by atoms with E-state index in [4.69, 9.17) is 11.6 Å². The Kier molecular flexibility index (Phi) is 3.99. The maximum absolute atomic E-state index is 6.13. The lowest BCUT2D eigenvalue weighted by molar-refractivity contribution is 0.727. The quantitative estimate of drug-likeness (QED) is 0.860. The zero-order chi connectivity index (χ0) is 11.4. The zero-order valence-corrected chi connectivity index (χ0v) is 10.7. The molecule has 84 valence electrons. The normalized spacial score (nSPS) is 10.6. The predicted octanol–water partition coefficient (Wildman–Crippen LogP) is 4.18. The largest absolute Gasteiger partial charge is 0.313 e. The fourth-order valence-electron chi connectivity index (χ4n) is 1.59. The lowest BCUT2D eigenvalue weighted by Gasteiger charge is -2.04. The fraction of sp³-hybridized carbons (Fsp3) is 0.231. The smallest absolute Gasteiger partial charge is 0.0592 e. The van der Waals surface area contributed by atoms with Gasteiger partial charge >= 0.3 is 0 Å². The van der Waals surface area contributed by atoms with Crippen molar-refractivity contribution >= 4 is 22.9 Å². The van der Waals surface area contributed by atoms with Crippen LogP contribution >= 0.6 is 22.9 Å². The highest BCUT2D eigenvalue weighted by molar-refractivity contribution is 7.14. The molecule has 16 heavy (non-hydrogen) atoms. The number of thiophene rings is 1. The van der Waals surface area contributed by atoms with E-state index >= 15 is 0 Å². The highest BCUT2D eigenvalue weighted by Gasteiger charge is 2.05. The van der Waals surface area contributed by atoms with Crippen molar-refractivity contribution in [3.63, 3.8) is 0 Å². The Hall–Kier alpha value is -0.830. The van der Waals surface area contributed by atoms with E-state index in [0.717, 1.165) is 23.0 Å². The van der Waals surface area contributed by atoms with Crippen molar-refractivity contribution in [2.45, 2.75) is 13.5 Å². The van der Waals surface area contributed by atoms with Crippen molar-refractivity contribution in [1.82, 2.24) is 5.32 Å². The van der Waals surface area contributed by atoms with Crippen LogP contribution in [0.3, 0.4) is 0 Å². The van der Waals surface area contributed by atoms with Gasteiger partial charge in [0.05, 0.1) is 9.90 Å². The van der Waals surface area contributed by atoms with Crippen molar-refractivity contribution in [3.8, 4) is 10.4 Å². The fourth-order valence-corrected chi connectivity index (χ4v) is 2.76. The van der Waals surface area contributed by atoms with E-state index in [9.17, 15) is 0 Å². The van der Waals surface area contributed by atoms with Crippen molar-refractivity contribution in [1.29, 1.82) is 0 Å². The van der Waals surface area contributed by atoms with Crippen molar-refractivity contribution in [3.05, 3.63) is 46.3 Å². The third kappa shape index (κ3) is 2.64. The molecule has 0 fully saturated rings. The second-order valence-corrected chi connectivity index (χ2v) is 4.90. The minimum Gasteiger partial charge on any atom is -0.313 e. The van der Waals surface area contributed by atoms with Gasteiger partial charge in [0.15, 0.2) is 0 Å². The third-order valence-electron chi connectivity index (χ3n) is 2.39. The first-order valence-corrected chi connectivity index (χ1v) is 6.60. The summed E-state index contributed by atoms with van der Waals surface area (Å²) in [5.41, 5.74) is 2.50. The van der Waals surface area contributed by atoms with Gasteiger partial charge in [-0.15, -0.1) is 11.3 Å². The van der Waals surface area contributed by atoms with Gasteiger partial charge < -0.3 is 5.32 Å². The standard InChI is InChI=1S/C13H14ClNS/c1-2-15-9-10-4-3-5-11(8-10)13-12(14)6-7-16-13/h3-8,15H,2,9H2,1H3. The molecule has 3 heteroatoms. The molecule has 1 heterocycles. The topological polar surface area (TPSA) is 12.0 Å². The summed E-state index contributed by atoms with van der Waals surface area (Å²) >= 11 is 7.81. The number of halogens is 1. The summed E-state index contributed by atoms with van der Waals surface area (Å²) in [5, 5.41) is 6.18. The summed E-state index contributed by atoms with van der Waals surface area (Å²) in [7, 11) is 0. The minimum absolute atomic E-state index is 0.839. The van der Waals surface area contributed by atoms with E-state index in [-0.39, 0.29) is 0 Å². The molecule has 0 unspecified atom stereocenters. The molecule has 0 aliphatic rings. The van der Waals surface area contributed by atoms with Gasteiger partial charge in [-0.05, 0) is 35.2 Å². The van der Waals surface area contributed by atoms with Gasteiger partial charge in [-0.2, -0.15) is 0 Å². The van der Waals surface area contributed by atoms with Crippen LogP contribution in [-0.4, -0.2) is 6.54 Å². The summed E-state index contributed by atoms with van der Waals surface area (Å²) in [6.07, 6.45) is 0. The van der Waals surface area contributed by atoms with Crippen LogP contribution in [0.4, 0.5) is 0 Å². The predicted molar refractivity (Wildman–Crippen MR) is 72.1 cm³/mol. The van der Waals surface area contributed by atoms with E-state index in [1.54, 1.807) is 11.3 Å². The highest BCUT2D eigenvalue weighted by Crippen LogP contribution is 2.33. The summed E-state index contributed by atoms with van der Waals surface area (Å²) in [6, 6.07) is 10.5. The zero-order valence-electron chi connectivity index (χ0n) is 9.16. The average Bonchev–Trinajstić information content (AvgIpc) is 2.73. The van der Waals surface area contributed by atoms with Crippen LogP contribution in [-0.2, 0) is 6.54 Å². The van der Waals surface area contributed by atoms with E-state index < -0.39 is 0 Å². The average molecular weight is 252 g/mol. The number of hydrogen-bond donors (Lipinski definition) is 1. The molecule has 0 aliphatic carbocycles. The Morgan fingerprint density at radius 2 is 2.19 bits per heavy atom. The Morgan fingerprint density at radius 3 is 2.88 bits per heavy atom. The molecule has 0 saturated heterocycles. The SMILES string of the molecule is CCNCc1cccc(-c2sccc2Cl)c1. The summed E-state index contributed by atoms with van der Waals surface area (Å²) in [6.45, 7) is 4.01. The van der Waals surface area contributed by atoms with Crippen molar-refractivity contribution in [2.75, 3.05) is 6.54 Å². The molecule has 0 amide bonds. The Morgan fingerprint density at radius 1 is 1.31 bits per heavy atom. The van der Waals surface area contributed by atoms with Crippen molar-refractivity contribution in [2.24, 2.45) is 0 Å². The van der Waals surface area contributed by atoms with E-state index in [1.807, 2.05) is 11.4 Å². The molecule has 0 aliphatic heterocycles. The summed E-state index contributed by atoms with van der Waals surface area (Å²) < 4.78 is 0. The summed E-state index contributed by atoms with van der Waals surface area (Å²) in [4.78, 5) is 1.15. The number of nitrogens with one attached hydrogen (secondary N) is 1. The first kappa shape index (κ1) is 11.6. The molecule has 0 atom stereocenters. The first-order valence-electron chi connectivity index (χ1n) is 5.34. The van der Waals surface area contributed by atoms with Crippen molar-refractivity contribution < 1.29 is 0 Å². The van der Waals surface area contributed by atoms with E-state index in [0.29, 0.717) is 0 Å². The molecule has 1 aromatic carbocycles. The van der Waals surface area contributed by atoms with Gasteiger partial charge in [-0.1, -0.05) is 36.7 Å². The van der Waals surface area contributed by atoms with Gasteiger partial charge in [0.2, 0.25) is 0 Å². The van der Waals surface area contributed by atoms with Crippen LogP contribution in [0.1, 0.15) is 12.5 Å². The van der Waals surface area contributed by atoms with Crippen LogP contribution in [0.2, 0.25) is 5.02 Å². The molecule has 0 radical (unpaired) electrons. The number of hydrogen-bond acceptors (Lipinski definition) is 2. The molecule has 2 aromatic rings. The monoisotopic (exact) mass is 251 g/mol. The maximum atomic E-state index is 6.13. The molecule has 1 nitrogen and oxygen atoms in total. The highest BCUT2D eigenvalue weighted by atomic mass is 35.5. The molecule has 0 saturated carbocycles. The maximum Gasteiger partial charge on any atom is 0.0592 e. The molecule has 0 bridgehead atoms. The molecule has 0 spiro atoms. The van der Waals surface area contributed by atoms with Gasteiger partial charge in [0, 0.05) is 6.54 Å². The minimum atomic E-state index is 0.839. The Labute approximate surface area is 105 Å². The first-order chi connectivity index (χ1) is 7.81. The molecular formula is C13H14ClNS. The van der Waals surface area contributed by atoms with Crippen LogP contribution in [0.15, 0.2) is 35.7 Å². The van der Waals surface area contributed by atoms with Gasteiger partial charge in [-0.25, -0.2) is 0 Å². The molecular weight excluding hydrogens is 238 g/mol. The summed E-state index contributed by atoms with van der Waals surface area (Å²) in [5.74, 6) is 0. The lowest BCUT2D eigenvalue weighted by Crippen LogP contribution is -2.11. The van der Waals surface area contributed by atoms with Crippen LogP contribution < -0.4 is 5.32 Å². The second kappa shape index (κ2) is 5.48. The molecule has 2 rings (SSSR count). The molecule has 1 N–H and O–H groups in total. The third-order valence-corrected chi connectivity index (χ3v) is 3.78. The van der Waals surface area contributed by atoms with E-state index in [2.05, 4.69) is 36.5 Å². The lowest BCUT2D eigenvalue weighted by atomic mass is 10.1. The number of benzene rings is 1. The van der Waals surface area contributed by atoms with Gasteiger partial charge in [0.1, 0.15) is 0 Å². The van der Waals surface area contributed by atoms with Crippen LogP contribution in [0, 0.1) is 0 Å². The van der Waals surface area contributed by atoms with Crippen LogP contribution in [0.5, 0.6) is 0 Å². The van der Waals surface area contributed by atoms with E-state index in [1.165, 1.54) is 11.1 Å². The van der Waals surface area contributed by atoms with Gasteiger partial charge in [0.25, 0.3) is 0 Å². The van der Waals surface area contributed by atoms with Gasteiger partial charge in [-0.3, -0.25) is 0 Å². The Balaban J connectivity index is 2.26. The number of rotatable bonds is 4. The second-order valence-electron chi connectivity index (χ2n) is 3.58.